The van der Waals surface area contributed by atoms with Gasteiger partial charge in [-0.15, -0.1) is 0 Å². The lowest BCUT2D eigenvalue weighted by Gasteiger charge is -2.18. The fourth-order valence-corrected chi connectivity index (χ4v) is 2.21. The molecule has 0 atom stereocenters. The highest BCUT2D eigenvalue weighted by atomic mass is 35.5. The average molecular weight is 309 g/mol. The summed E-state index contributed by atoms with van der Waals surface area (Å²) in [6, 6.07) is 6.95. The predicted molar refractivity (Wildman–Crippen MR) is 80.4 cm³/mol. The van der Waals surface area contributed by atoms with E-state index >= 15 is 0 Å². The molecule has 0 saturated carbocycles. The number of halogens is 1. The summed E-state index contributed by atoms with van der Waals surface area (Å²) in [5.74, 6) is 1.11. The number of amides is 1. The van der Waals surface area contributed by atoms with Crippen LogP contribution in [0.5, 0.6) is 5.75 Å². The molecule has 2 aromatic rings. The van der Waals surface area contributed by atoms with Crippen molar-refractivity contribution in [3.8, 4) is 5.75 Å². The van der Waals surface area contributed by atoms with Gasteiger partial charge in [-0.2, -0.15) is 0 Å². The van der Waals surface area contributed by atoms with Crippen LogP contribution in [0.3, 0.4) is 0 Å². The Morgan fingerprint density at radius 1 is 1.43 bits per heavy atom. The third-order valence-corrected chi connectivity index (χ3v) is 3.33. The van der Waals surface area contributed by atoms with Crippen molar-refractivity contribution >= 4 is 17.5 Å². The van der Waals surface area contributed by atoms with E-state index in [-0.39, 0.29) is 12.5 Å². The van der Waals surface area contributed by atoms with E-state index in [1.807, 2.05) is 0 Å². The normalized spacial score (nSPS) is 10.5. The van der Waals surface area contributed by atoms with Crippen LogP contribution in [0, 0.1) is 0 Å². The van der Waals surface area contributed by atoms with Gasteiger partial charge in [0.1, 0.15) is 17.8 Å². The molecule has 1 aromatic carbocycles. The Bertz CT molecular complexity index is 640. The van der Waals surface area contributed by atoms with E-state index in [4.69, 9.17) is 26.5 Å². The Hall–Kier alpha value is -1.98. The van der Waals surface area contributed by atoms with Crippen LogP contribution in [0.15, 0.2) is 34.9 Å². The number of carbonyl (C=O) groups is 1. The Morgan fingerprint density at radius 2 is 2.19 bits per heavy atom. The summed E-state index contributed by atoms with van der Waals surface area (Å²) in [6.07, 6.45) is 1.41. The maximum Gasteiger partial charge on any atom is 0.257 e. The van der Waals surface area contributed by atoms with Crippen LogP contribution < -0.4 is 10.5 Å². The topological polar surface area (TPSA) is 68.7 Å². The number of ether oxygens (including phenoxy) is 1. The molecule has 1 aromatic heterocycles. The smallest absolute Gasteiger partial charge is 0.257 e. The van der Waals surface area contributed by atoms with Gasteiger partial charge in [0.05, 0.1) is 19.2 Å². The van der Waals surface area contributed by atoms with Crippen molar-refractivity contribution in [2.75, 3.05) is 14.2 Å². The van der Waals surface area contributed by atoms with E-state index in [9.17, 15) is 4.79 Å². The number of methoxy groups -OCH3 is 1. The van der Waals surface area contributed by atoms with E-state index in [1.54, 1.807) is 43.3 Å². The molecule has 0 radical (unpaired) electrons. The van der Waals surface area contributed by atoms with E-state index in [2.05, 4.69) is 0 Å². The molecule has 5 nitrogen and oxygen atoms in total. The Morgan fingerprint density at radius 3 is 2.81 bits per heavy atom. The van der Waals surface area contributed by atoms with Crippen molar-refractivity contribution in [2.45, 2.75) is 13.1 Å². The van der Waals surface area contributed by atoms with Crippen molar-refractivity contribution < 1.29 is 13.9 Å². The molecule has 2 N–H and O–H groups in total. The van der Waals surface area contributed by atoms with Gasteiger partial charge in [-0.1, -0.05) is 11.6 Å². The molecule has 1 amide bonds. The minimum atomic E-state index is -0.152. The maximum absolute atomic E-state index is 12.3. The van der Waals surface area contributed by atoms with Crippen LogP contribution in [-0.2, 0) is 13.1 Å². The second-order valence-corrected chi connectivity index (χ2v) is 5.06. The number of nitrogens with zero attached hydrogens (tertiary/aromatic N) is 1. The van der Waals surface area contributed by atoms with Gasteiger partial charge in [0.15, 0.2) is 0 Å². The van der Waals surface area contributed by atoms with Gasteiger partial charge in [-0.3, -0.25) is 4.79 Å². The second-order valence-electron chi connectivity index (χ2n) is 4.62. The molecule has 0 bridgehead atoms. The van der Waals surface area contributed by atoms with Gasteiger partial charge in [0, 0.05) is 24.2 Å². The average Bonchev–Trinajstić information content (AvgIpc) is 2.95. The van der Waals surface area contributed by atoms with Gasteiger partial charge in [0.25, 0.3) is 5.91 Å². The molecule has 1 heterocycles. The number of benzene rings is 1. The van der Waals surface area contributed by atoms with E-state index < -0.39 is 0 Å². The monoisotopic (exact) mass is 308 g/mol. The molecule has 0 aliphatic carbocycles. The zero-order valence-electron chi connectivity index (χ0n) is 11.9. The first kappa shape index (κ1) is 15.4. The largest absolute Gasteiger partial charge is 0.496 e. The first-order chi connectivity index (χ1) is 10.0. The summed E-state index contributed by atoms with van der Waals surface area (Å²) in [5.41, 5.74) is 6.78. The molecule has 112 valence electrons. The third-order valence-electron chi connectivity index (χ3n) is 3.10. The van der Waals surface area contributed by atoms with Gasteiger partial charge < -0.3 is 19.8 Å². The molecule has 0 aliphatic heterocycles. The van der Waals surface area contributed by atoms with E-state index in [0.29, 0.717) is 28.6 Å². The fourth-order valence-electron chi connectivity index (χ4n) is 2.02. The quantitative estimate of drug-likeness (QED) is 0.922. The third kappa shape index (κ3) is 3.56. The zero-order chi connectivity index (χ0) is 15.4. The first-order valence-corrected chi connectivity index (χ1v) is 6.78. The van der Waals surface area contributed by atoms with Crippen molar-refractivity contribution in [3.05, 3.63) is 52.4 Å². The second kappa shape index (κ2) is 6.65. The zero-order valence-corrected chi connectivity index (χ0v) is 12.7. The molecule has 0 unspecified atom stereocenters. The minimum Gasteiger partial charge on any atom is -0.496 e. The lowest BCUT2D eigenvalue weighted by Crippen LogP contribution is -2.26. The molecule has 21 heavy (non-hydrogen) atoms. The summed E-state index contributed by atoms with van der Waals surface area (Å²) >= 11 is 5.99. The first-order valence-electron chi connectivity index (χ1n) is 6.40. The minimum absolute atomic E-state index is 0.152. The number of furan rings is 1. The van der Waals surface area contributed by atoms with Crippen molar-refractivity contribution in [1.29, 1.82) is 0 Å². The van der Waals surface area contributed by atoms with Crippen LogP contribution in [0.4, 0.5) is 0 Å². The highest BCUT2D eigenvalue weighted by molar-refractivity contribution is 6.30. The standard InChI is InChI=1S/C15H17ClN2O3/c1-18(15(19)11-6-13(7-17)21-9-11)8-10-5-12(16)3-4-14(10)20-2/h3-6,9H,7-8,17H2,1-2H3. The maximum atomic E-state index is 12.3. The Balaban J connectivity index is 2.15. The van der Waals surface area contributed by atoms with Gasteiger partial charge in [0.2, 0.25) is 0 Å². The van der Waals surface area contributed by atoms with Crippen LogP contribution >= 0.6 is 11.6 Å². The van der Waals surface area contributed by atoms with Crippen molar-refractivity contribution in [2.24, 2.45) is 5.73 Å². The molecule has 0 fully saturated rings. The number of nitrogens with two attached hydrogens (primary N) is 1. The summed E-state index contributed by atoms with van der Waals surface area (Å²) in [7, 11) is 3.29. The molecule has 0 spiro atoms. The summed E-state index contributed by atoms with van der Waals surface area (Å²) in [4.78, 5) is 13.9. The van der Waals surface area contributed by atoms with Crippen molar-refractivity contribution in [3.63, 3.8) is 0 Å². The number of carbonyl (C=O) groups excluding carboxylic acids is 1. The van der Waals surface area contributed by atoms with Gasteiger partial charge in [-0.25, -0.2) is 0 Å². The lowest BCUT2D eigenvalue weighted by atomic mass is 10.1. The Labute approximate surface area is 128 Å². The summed E-state index contributed by atoms with van der Waals surface area (Å²) in [5, 5.41) is 0.598. The fraction of sp³-hybridized carbons (Fsp3) is 0.267. The van der Waals surface area contributed by atoms with Crippen LogP contribution in [0.1, 0.15) is 21.7 Å². The van der Waals surface area contributed by atoms with E-state index in [1.165, 1.54) is 6.26 Å². The highest BCUT2D eigenvalue weighted by Gasteiger charge is 2.16. The molecule has 0 saturated heterocycles. The SMILES string of the molecule is COc1ccc(Cl)cc1CN(C)C(=O)c1coc(CN)c1. The molecular formula is C15H17ClN2O3. The Kier molecular flexibility index (Phi) is 4.88. The van der Waals surface area contributed by atoms with Gasteiger partial charge >= 0.3 is 0 Å². The van der Waals surface area contributed by atoms with Crippen LogP contribution in [-0.4, -0.2) is 25.0 Å². The highest BCUT2D eigenvalue weighted by Crippen LogP contribution is 2.24. The van der Waals surface area contributed by atoms with Crippen LogP contribution in [0.25, 0.3) is 0 Å². The van der Waals surface area contributed by atoms with E-state index in [0.717, 1.165) is 5.56 Å². The number of hydrogen-bond acceptors (Lipinski definition) is 4. The van der Waals surface area contributed by atoms with Crippen molar-refractivity contribution in [1.82, 2.24) is 4.90 Å². The predicted octanol–water partition coefficient (Wildman–Crippen LogP) is 2.67. The van der Waals surface area contributed by atoms with Crippen LogP contribution in [0.2, 0.25) is 5.02 Å². The summed E-state index contributed by atoms with van der Waals surface area (Å²) < 4.78 is 10.5. The molecule has 2 rings (SSSR count). The molecule has 0 aliphatic rings. The summed E-state index contributed by atoms with van der Waals surface area (Å²) in [6.45, 7) is 0.644. The molecule has 6 heteroatoms. The van der Waals surface area contributed by atoms with Gasteiger partial charge in [-0.05, 0) is 24.3 Å². The lowest BCUT2D eigenvalue weighted by molar-refractivity contribution is 0.0783. The number of rotatable bonds is 5. The number of hydrogen-bond donors (Lipinski definition) is 1. The molecular weight excluding hydrogens is 292 g/mol.